The van der Waals surface area contributed by atoms with Crippen LogP contribution in [0.25, 0.3) is 11.0 Å². The predicted molar refractivity (Wildman–Crippen MR) is 82.1 cm³/mol. The number of halogens is 2. The molecule has 0 unspecified atom stereocenters. The molecular weight excluding hydrogens is 304 g/mol. The topological polar surface area (TPSA) is 86.0 Å². The van der Waals surface area contributed by atoms with E-state index in [-0.39, 0.29) is 12.3 Å². The van der Waals surface area contributed by atoms with Crippen LogP contribution in [0.5, 0.6) is 5.75 Å². The first-order chi connectivity index (χ1) is 11.1. The Hall–Kier alpha value is -3.03. The summed E-state index contributed by atoms with van der Waals surface area (Å²) in [6.45, 7) is -2.61. The van der Waals surface area contributed by atoms with Gasteiger partial charge in [0, 0.05) is 12.1 Å². The summed E-state index contributed by atoms with van der Waals surface area (Å²) in [6, 6.07) is 9.96. The van der Waals surface area contributed by atoms with Crippen molar-refractivity contribution < 1.29 is 13.5 Å². The molecule has 0 amide bonds. The second-order valence-electron chi connectivity index (χ2n) is 4.67. The number of alkyl halides is 2. The number of hydrogen-bond acceptors (Lipinski definition) is 6. The van der Waals surface area contributed by atoms with Crippen LogP contribution in [0.15, 0.2) is 42.7 Å². The molecule has 6 nitrogen and oxygen atoms in total. The fourth-order valence-corrected chi connectivity index (χ4v) is 2.14. The van der Waals surface area contributed by atoms with Gasteiger partial charge in [-0.3, -0.25) is 0 Å². The van der Waals surface area contributed by atoms with E-state index >= 15 is 0 Å². The summed E-state index contributed by atoms with van der Waals surface area (Å²) in [5, 5.41) is 3.77. The van der Waals surface area contributed by atoms with E-state index in [0.717, 1.165) is 0 Å². The second kappa shape index (κ2) is 6.39. The van der Waals surface area contributed by atoms with Gasteiger partial charge in [0.1, 0.15) is 23.7 Å². The van der Waals surface area contributed by atoms with Gasteiger partial charge in [-0.1, -0.05) is 18.2 Å². The Balaban J connectivity index is 1.84. The van der Waals surface area contributed by atoms with Gasteiger partial charge >= 0.3 is 6.61 Å². The molecule has 0 bridgehead atoms. The zero-order valence-corrected chi connectivity index (χ0v) is 11.9. The molecule has 0 aliphatic rings. The summed E-state index contributed by atoms with van der Waals surface area (Å²) in [4.78, 5) is 12.3. The van der Waals surface area contributed by atoms with Crippen LogP contribution in [0.3, 0.4) is 0 Å². The third-order valence-corrected chi connectivity index (χ3v) is 3.15. The van der Waals surface area contributed by atoms with Crippen LogP contribution >= 0.6 is 0 Å². The minimum absolute atomic E-state index is 0.121. The van der Waals surface area contributed by atoms with Crippen LogP contribution in [0, 0.1) is 0 Å². The Morgan fingerprint density at radius 2 is 1.96 bits per heavy atom. The Morgan fingerprint density at radius 3 is 2.78 bits per heavy atom. The lowest BCUT2D eigenvalue weighted by Crippen LogP contribution is -2.08. The number of fused-ring (bicyclic) bond motifs is 1. The van der Waals surface area contributed by atoms with E-state index in [1.54, 1.807) is 30.3 Å². The molecule has 1 aromatic carbocycles. The van der Waals surface area contributed by atoms with E-state index in [1.165, 1.54) is 12.4 Å². The van der Waals surface area contributed by atoms with Crippen LogP contribution in [-0.4, -0.2) is 21.6 Å². The highest BCUT2D eigenvalue weighted by Gasteiger charge is 2.10. The largest absolute Gasteiger partial charge is 0.434 e. The highest BCUT2D eigenvalue weighted by atomic mass is 19.3. The van der Waals surface area contributed by atoms with Crippen LogP contribution in [0.4, 0.5) is 20.4 Å². The van der Waals surface area contributed by atoms with Crippen molar-refractivity contribution in [1.82, 2.24) is 15.0 Å². The zero-order chi connectivity index (χ0) is 16.2. The molecule has 3 aromatic rings. The SMILES string of the molecule is Nc1ccc2c(NCc3ccccc3OC(F)F)ncnc2n1. The third kappa shape index (κ3) is 3.42. The summed E-state index contributed by atoms with van der Waals surface area (Å²) in [5.74, 6) is 1.02. The molecule has 23 heavy (non-hydrogen) atoms. The Bertz CT molecular complexity index is 828. The summed E-state index contributed by atoms with van der Waals surface area (Å²) in [5.41, 5.74) is 6.67. The molecule has 0 aliphatic carbocycles. The molecule has 3 N–H and O–H groups in total. The van der Waals surface area contributed by atoms with Gasteiger partial charge in [0.2, 0.25) is 0 Å². The van der Waals surface area contributed by atoms with E-state index in [1.807, 2.05) is 0 Å². The number of hydrogen-bond donors (Lipinski definition) is 2. The van der Waals surface area contributed by atoms with Crippen molar-refractivity contribution in [3.63, 3.8) is 0 Å². The number of nitrogens with one attached hydrogen (secondary N) is 1. The number of pyridine rings is 1. The third-order valence-electron chi connectivity index (χ3n) is 3.15. The molecule has 3 rings (SSSR count). The molecule has 2 heterocycles. The molecule has 0 spiro atoms. The first-order valence-corrected chi connectivity index (χ1v) is 6.77. The highest BCUT2D eigenvalue weighted by molar-refractivity contribution is 5.87. The van der Waals surface area contributed by atoms with E-state index in [0.29, 0.717) is 28.2 Å². The number of nitrogen functional groups attached to an aromatic ring is 1. The minimum atomic E-state index is -2.87. The molecule has 8 heteroatoms. The molecule has 0 radical (unpaired) electrons. The van der Waals surface area contributed by atoms with Gasteiger partial charge in [-0.05, 0) is 18.2 Å². The number of aromatic nitrogens is 3. The average Bonchev–Trinajstić information content (AvgIpc) is 2.53. The second-order valence-corrected chi connectivity index (χ2v) is 4.67. The summed E-state index contributed by atoms with van der Waals surface area (Å²) in [6.07, 6.45) is 1.36. The van der Waals surface area contributed by atoms with E-state index in [9.17, 15) is 8.78 Å². The number of ether oxygens (including phenoxy) is 1. The first kappa shape index (κ1) is 14.9. The van der Waals surface area contributed by atoms with Crippen molar-refractivity contribution in [2.75, 3.05) is 11.1 Å². The lowest BCUT2D eigenvalue weighted by molar-refractivity contribution is -0.0504. The quantitative estimate of drug-likeness (QED) is 0.752. The van der Waals surface area contributed by atoms with Crippen LogP contribution in [0.1, 0.15) is 5.56 Å². The number of anilines is 2. The number of para-hydroxylation sites is 1. The standard InChI is InChI=1S/C15H13F2N5O/c16-15(17)23-11-4-2-1-3-9(11)7-19-13-10-5-6-12(18)22-14(10)21-8-20-13/h1-6,8,15H,7H2,(H3,18,19,20,21,22). The monoisotopic (exact) mass is 317 g/mol. The lowest BCUT2D eigenvalue weighted by atomic mass is 10.2. The van der Waals surface area contributed by atoms with Gasteiger partial charge in [-0.2, -0.15) is 8.78 Å². The maximum atomic E-state index is 12.4. The molecule has 118 valence electrons. The Labute approximate surface area is 130 Å². The summed E-state index contributed by atoms with van der Waals surface area (Å²) >= 11 is 0. The number of rotatable bonds is 5. The van der Waals surface area contributed by atoms with Gasteiger partial charge in [-0.25, -0.2) is 15.0 Å². The molecule has 0 saturated heterocycles. The van der Waals surface area contributed by atoms with Crippen molar-refractivity contribution in [3.05, 3.63) is 48.3 Å². The van der Waals surface area contributed by atoms with E-state index < -0.39 is 6.61 Å². The van der Waals surface area contributed by atoms with Crippen molar-refractivity contribution >= 4 is 22.7 Å². The zero-order valence-electron chi connectivity index (χ0n) is 11.9. The summed E-state index contributed by atoms with van der Waals surface area (Å²) < 4.78 is 29.4. The summed E-state index contributed by atoms with van der Waals surface area (Å²) in [7, 11) is 0. The van der Waals surface area contributed by atoms with Crippen molar-refractivity contribution in [3.8, 4) is 5.75 Å². The van der Waals surface area contributed by atoms with Crippen molar-refractivity contribution in [1.29, 1.82) is 0 Å². The lowest BCUT2D eigenvalue weighted by Gasteiger charge is -2.12. The fraction of sp³-hybridized carbons (Fsp3) is 0.133. The number of benzene rings is 1. The molecular formula is C15H13F2N5O. The van der Waals surface area contributed by atoms with E-state index in [2.05, 4.69) is 25.0 Å². The number of nitrogens with zero attached hydrogens (tertiary/aromatic N) is 3. The molecule has 0 saturated carbocycles. The molecule has 2 aromatic heterocycles. The van der Waals surface area contributed by atoms with Crippen molar-refractivity contribution in [2.45, 2.75) is 13.2 Å². The minimum Gasteiger partial charge on any atom is -0.434 e. The maximum Gasteiger partial charge on any atom is 0.387 e. The van der Waals surface area contributed by atoms with Crippen LogP contribution in [-0.2, 0) is 6.54 Å². The smallest absolute Gasteiger partial charge is 0.387 e. The van der Waals surface area contributed by atoms with Gasteiger partial charge in [0.15, 0.2) is 5.65 Å². The predicted octanol–water partition coefficient (Wildman–Crippen LogP) is 2.82. The van der Waals surface area contributed by atoms with Gasteiger partial charge < -0.3 is 15.8 Å². The Kier molecular flexibility index (Phi) is 4.13. The van der Waals surface area contributed by atoms with Crippen LogP contribution in [0.2, 0.25) is 0 Å². The number of nitrogens with two attached hydrogens (primary N) is 1. The van der Waals surface area contributed by atoms with Gasteiger partial charge in [0.05, 0.1) is 5.39 Å². The highest BCUT2D eigenvalue weighted by Crippen LogP contribution is 2.23. The van der Waals surface area contributed by atoms with E-state index in [4.69, 9.17) is 5.73 Å². The first-order valence-electron chi connectivity index (χ1n) is 6.77. The van der Waals surface area contributed by atoms with Crippen LogP contribution < -0.4 is 15.8 Å². The van der Waals surface area contributed by atoms with Crippen molar-refractivity contribution in [2.24, 2.45) is 0 Å². The Morgan fingerprint density at radius 1 is 1.13 bits per heavy atom. The molecule has 0 aliphatic heterocycles. The molecule has 0 fully saturated rings. The normalized spacial score (nSPS) is 10.9. The van der Waals surface area contributed by atoms with Gasteiger partial charge in [-0.15, -0.1) is 0 Å². The molecule has 0 atom stereocenters. The fourth-order valence-electron chi connectivity index (χ4n) is 2.14. The average molecular weight is 317 g/mol. The van der Waals surface area contributed by atoms with Gasteiger partial charge in [0.25, 0.3) is 0 Å². The maximum absolute atomic E-state index is 12.4.